The van der Waals surface area contributed by atoms with Crippen molar-refractivity contribution in [1.82, 2.24) is 4.90 Å². The molecule has 0 saturated heterocycles. The van der Waals surface area contributed by atoms with Crippen molar-refractivity contribution in [3.63, 3.8) is 0 Å². The third kappa shape index (κ3) is 3.79. The Balaban J connectivity index is 2.14. The summed E-state index contributed by atoms with van der Waals surface area (Å²) in [4.78, 5) is 14.2. The van der Waals surface area contributed by atoms with Gasteiger partial charge in [-0.05, 0) is 29.8 Å². The van der Waals surface area contributed by atoms with Gasteiger partial charge in [-0.3, -0.25) is 4.79 Å². The zero-order valence-electron chi connectivity index (χ0n) is 11.6. The van der Waals surface area contributed by atoms with Crippen molar-refractivity contribution in [1.29, 1.82) is 0 Å². The number of carbonyl (C=O) groups excluding carboxylic acids is 1. The Kier molecular flexibility index (Phi) is 4.55. The molecule has 0 aliphatic rings. The Labute approximate surface area is 128 Å². The lowest BCUT2D eigenvalue weighted by molar-refractivity contribution is 0.0784. The highest BCUT2D eigenvalue weighted by Gasteiger charge is 2.12. The molecule has 108 valence electrons. The Hall–Kier alpha value is -2.40. The third-order valence-corrected chi connectivity index (χ3v) is 3.31. The van der Waals surface area contributed by atoms with Gasteiger partial charge in [-0.25, -0.2) is 0 Å². The number of nitrogens with zero attached hydrogens (tertiary/aromatic N) is 1. The first-order valence-electron chi connectivity index (χ1n) is 6.40. The van der Waals surface area contributed by atoms with Gasteiger partial charge >= 0.3 is 0 Å². The van der Waals surface area contributed by atoms with Gasteiger partial charge in [-0.2, -0.15) is 0 Å². The van der Waals surface area contributed by atoms with Crippen molar-refractivity contribution in [2.75, 3.05) is 7.05 Å². The van der Waals surface area contributed by atoms with Crippen LogP contribution in [-0.2, 0) is 6.54 Å². The molecule has 0 saturated carbocycles. The number of carbonyl (C=O) groups is 1. The lowest BCUT2D eigenvalue weighted by atomic mass is 10.1. The fourth-order valence-corrected chi connectivity index (χ4v) is 2.15. The average Bonchev–Trinajstić information content (AvgIpc) is 2.46. The van der Waals surface area contributed by atoms with Crippen LogP contribution in [0.15, 0.2) is 48.5 Å². The molecule has 2 aromatic carbocycles. The van der Waals surface area contributed by atoms with Crippen LogP contribution in [0.2, 0.25) is 0 Å². The first-order valence-corrected chi connectivity index (χ1v) is 6.81. The molecule has 4 nitrogen and oxygen atoms in total. The standard InChI is InChI=1S/C16H16N2O2S/c1-18(16(20)13-6-3-7-14(19)9-13)10-11-4-2-5-12(8-11)15(17)21/h2-9,19H,10H2,1H3,(H2,17,21). The van der Waals surface area contributed by atoms with Gasteiger partial charge in [0.25, 0.3) is 5.91 Å². The van der Waals surface area contributed by atoms with Crippen LogP contribution in [-0.4, -0.2) is 27.9 Å². The molecule has 0 atom stereocenters. The van der Waals surface area contributed by atoms with E-state index in [0.29, 0.717) is 17.1 Å². The average molecular weight is 300 g/mol. The molecule has 0 spiro atoms. The van der Waals surface area contributed by atoms with Crippen LogP contribution < -0.4 is 5.73 Å². The number of benzene rings is 2. The summed E-state index contributed by atoms with van der Waals surface area (Å²) in [5.41, 5.74) is 7.77. The molecule has 0 aliphatic heterocycles. The summed E-state index contributed by atoms with van der Waals surface area (Å²) in [7, 11) is 1.71. The second-order valence-electron chi connectivity index (χ2n) is 4.78. The van der Waals surface area contributed by atoms with Gasteiger partial charge in [0, 0.05) is 24.7 Å². The first kappa shape index (κ1) is 15.0. The number of phenolic OH excluding ortho intramolecular Hbond substituents is 1. The van der Waals surface area contributed by atoms with Crippen LogP contribution >= 0.6 is 12.2 Å². The largest absolute Gasteiger partial charge is 0.508 e. The van der Waals surface area contributed by atoms with Crippen molar-refractivity contribution in [2.45, 2.75) is 6.54 Å². The highest BCUT2D eigenvalue weighted by molar-refractivity contribution is 7.80. The summed E-state index contributed by atoms with van der Waals surface area (Å²) in [6.07, 6.45) is 0. The topological polar surface area (TPSA) is 66.6 Å². The molecule has 0 radical (unpaired) electrons. The molecular formula is C16H16N2O2S. The Morgan fingerprint density at radius 3 is 2.52 bits per heavy atom. The van der Waals surface area contributed by atoms with Crippen LogP contribution in [0, 0.1) is 0 Å². The minimum atomic E-state index is -0.161. The number of hydrogen-bond donors (Lipinski definition) is 2. The monoisotopic (exact) mass is 300 g/mol. The van der Waals surface area contributed by atoms with E-state index >= 15 is 0 Å². The number of rotatable bonds is 4. The smallest absolute Gasteiger partial charge is 0.254 e. The van der Waals surface area contributed by atoms with E-state index in [1.807, 2.05) is 24.3 Å². The molecule has 5 heteroatoms. The van der Waals surface area contributed by atoms with Gasteiger partial charge in [0.15, 0.2) is 0 Å². The van der Waals surface area contributed by atoms with E-state index in [0.717, 1.165) is 11.1 Å². The van der Waals surface area contributed by atoms with Crippen molar-refractivity contribution in [3.05, 3.63) is 65.2 Å². The number of hydrogen-bond acceptors (Lipinski definition) is 3. The maximum Gasteiger partial charge on any atom is 0.254 e. The van der Waals surface area contributed by atoms with E-state index in [2.05, 4.69) is 0 Å². The van der Waals surface area contributed by atoms with Crippen LogP contribution in [0.25, 0.3) is 0 Å². The number of thiocarbonyl (C=S) groups is 1. The summed E-state index contributed by atoms with van der Waals surface area (Å²) in [6.45, 7) is 0.435. The van der Waals surface area contributed by atoms with Gasteiger partial charge in [0.05, 0.1) is 0 Å². The minimum absolute atomic E-state index is 0.0738. The molecule has 0 fully saturated rings. The van der Waals surface area contributed by atoms with Crippen molar-refractivity contribution in [2.24, 2.45) is 5.73 Å². The molecular weight excluding hydrogens is 284 g/mol. The molecule has 0 heterocycles. The van der Waals surface area contributed by atoms with Crippen LogP contribution in [0.4, 0.5) is 0 Å². The highest BCUT2D eigenvalue weighted by atomic mass is 32.1. The van der Waals surface area contributed by atoms with E-state index < -0.39 is 0 Å². The zero-order chi connectivity index (χ0) is 15.4. The van der Waals surface area contributed by atoms with Gasteiger partial charge in [0.2, 0.25) is 0 Å². The zero-order valence-corrected chi connectivity index (χ0v) is 12.4. The van der Waals surface area contributed by atoms with E-state index in [9.17, 15) is 9.90 Å². The van der Waals surface area contributed by atoms with Crippen molar-refractivity contribution in [3.8, 4) is 5.75 Å². The van der Waals surface area contributed by atoms with E-state index in [1.165, 1.54) is 12.1 Å². The Morgan fingerprint density at radius 2 is 1.86 bits per heavy atom. The summed E-state index contributed by atoms with van der Waals surface area (Å²) in [6, 6.07) is 13.8. The Morgan fingerprint density at radius 1 is 1.19 bits per heavy atom. The Bertz CT molecular complexity index is 685. The second kappa shape index (κ2) is 6.37. The molecule has 0 aromatic heterocycles. The fraction of sp³-hybridized carbons (Fsp3) is 0.125. The number of phenols is 1. The van der Waals surface area contributed by atoms with Crippen molar-refractivity contribution >= 4 is 23.1 Å². The molecule has 0 aliphatic carbocycles. The highest BCUT2D eigenvalue weighted by Crippen LogP contribution is 2.14. The molecule has 3 N–H and O–H groups in total. The van der Waals surface area contributed by atoms with Gasteiger partial charge in [-0.15, -0.1) is 0 Å². The molecule has 0 unspecified atom stereocenters. The summed E-state index contributed by atoms with van der Waals surface area (Å²) in [5.74, 6) is -0.0867. The summed E-state index contributed by atoms with van der Waals surface area (Å²) in [5, 5.41) is 9.43. The molecule has 0 bridgehead atoms. The lowest BCUT2D eigenvalue weighted by Crippen LogP contribution is -2.26. The van der Waals surface area contributed by atoms with Crippen LogP contribution in [0.3, 0.4) is 0 Å². The maximum atomic E-state index is 12.3. The summed E-state index contributed by atoms with van der Waals surface area (Å²) >= 11 is 4.95. The van der Waals surface area contributed by atoms with E-state index in [4.69, 9.17) is 18.0 Å². The van der Waals surface area contributed by atoms with Crippen LogP contribution in [0.5, 0.6) is 5.75 Å². The molecule has 2 aromatic rings. The number of amides is 1. The predicted octanol–water partition coefficient (Wildman–Crippen LogP) is 2.30. The predicted molar refractivity (Wildman–Crippen MR) is 86.2 cm³/mol. The van der Waals surface area contributed by atoms with E-state index in [1.54, 1.807) is 24.1 Å². The van der Waals surface area contributed by atoms with Gasteiger partial charge in [0.1, 0.15) is 10.7 Å². The van der Waals surface area contributed by atoms with E-state index in [-0.39, 0.29) is 11.7 Å². The van der Waals surface area contributed by atoms with Gasteiger partial charge in [-0.1, -0.05) is 36.5 Å². The molecule has 1 amide bonds. The first-order chi connectivity index (χ1) is 9.97. The number of aromatic hydroxyl groups is 1. The second-order valence-corrected chi connectivity index (χ2v) is 5.22. The number of nitrogens with two attached hydrogens (primary N) is 1. The SMILES string of the molecule is CN(Cc1cccc(C(N)=S)c1)C(=O)c1cccc(O)c1. The summed E-state index contributed by atoms with van der Waals surface area (Å²) < 4.78 is 0. The molecule has 2 rings (SSSR count). The normalized spacial score (nSPS) is 10.1. The quantitative estimate of drug-likeness (QED) is 0.850. The third-order valence-electron chi connectivity index (χ3n) is 3.07. The lowest BCUT2D eigenvalue weighted by Gasteiger charge is -2.18. The van der Waals surface area contributed by atoms with Gasteiger partial charge < -0.3 is 15.7 Å². The fourth-order valence-electron chi connectivity index (χ4n) is 2.03. The van der Waals surface area contributed by atoms with Crippen molar-refractivity contribution < 1.29 is 9.90 Å². The minimum Gasteiger partial charge on any atom is -0.508 e. The molecule has 21 heavy (non-hydrogen) atoms. The maximum absolute atomic E-state index is 12.3. The van der Waals surface area contributed by atoms with Crippen LogP contribution in [0.1, 0.15) is 21.5 Å².